The van der Waals surface area contributed by atoms with Crippen molar-refractivity contribution in [2.45, 2.75) is 12.1 Å². The number of thioether (sulfide) groups is 1. The second kappa shape index (κ2) is 6.26. The largest absolute Gasteiger partial charge is 0.491 e. The highest BCUT2D eigenvalue weighted by Crippen LogP contribution is 2.20. The number of hydrogen-bond donors (Lipinski definition) is 1. The van der Waals surface area contributed by atoms with Gasteiger partial charge in [0.1, 0.15) is 5.75 Å². The van der Waals surface area contributed by atoms with Crippen LogP contribution in [0, 0.1) is 6.92 Å². The van der Waals surface area contributed by atoms with Crippen LogP contribution in [-0.2, 0) is 0 Å². The van der Waals surface area contributed by atoms with Gasteiger partial charge in [0.25, 0.3) is 0 Å². The Labute approximate surface area is 111 Å². The van der Waals surface area contributed by atoms with E-state index in [4.69, 9.17) is 10.5 Å². The summed E-state index contributed by atoms with van der Waals surface area (Å²) in [5, 5.41) is 0.777. The Morgan fingerprint density at radius 1 is 1.28 bits per heavy atom. The van der Waals surface area contributed by atoms with Crippen LogP contribution < -0.4 is 10.5 Å². The molecule has 0 amide bonds. The second-order valence-electron chi connectivity index (χ2n) is 3.72. The minimum Gasteiger partial charge on any atom is -0.491 e. The van der Waals surface area contributed by atoms with Crippen LogP contribution in [0.4, 0.5) is 5.69 Å². The van der Waals surface area contributed by atoms with Crippen molar-refractivity contribution in [2.24, 2.45) is 0 Å². The molecule has 1 heterocycles. The zero-order valence-corrected chi connectivity index (χ0v) is 11.0. The minimum atomic E-state index is 0.580. The van der Waals surface area contributed by atoms with Gasteiger partial charge in [-0.3, -0.25) is 0 Å². The molecule has 0 bridgehead atoms. The van der Waals surface area contributed by atoms with Gasteiger partial charge in [-0.1, -0.05) is 23.9 Å². The smallest absolute Gasteiger partial charge is 0.187 e. The highest BCUT2D eigenvalue weighted by molar-refractivity contribution is 7.99. The van der Waals surface area contributed by atoms with Gasteiger partial charge in [0.15, 0.2) is 5.16 Å². The van der Waals surface area contributed by atoms with Gasteiger partial charge in [0, 0.05) is 17.6 Å². The predicted molar refractivity (Wildman–Crippen MR) is 73.8 cm³/mol. The minimum absolute atomic E-state index is 0.580. The summed E-state index contributed by atoms with van der Waals surface area (Å²) in [6.45, 7) is 2.53. The van der Waals surface area contributed by atoms with E-state index in [1.165, 1.54) is 0 Å². The summed E-state index contributed by atoms with van der Waals surface area (Å²) in [4.78, 5) is 8.48. The number of nitrogens with two attached hydrogens (primary N) is 1. The summed E-state index contributed by atoms with van der Waals surface area (Å²) >= 11 is 1.57. The van der Waals surface area contributed by atoms with E-state index in [2.05, 4.69) is 9.97 Å². The lowest BCUT2D eigenvalue weighted by Crippen LogP contribution is -2.03. The molecule has 0 spiro atoms. The van der Waals surface area contributed by atoms with E-state index in [0.29, 0.717) is 12.3 Å². The fourth-order valence-electron chi connectivity index (χ4n) is 1.39. The zero-order valence-electron chi connectivity index (χ0n) is 10.2. The number of anilines is 1. The Kier molecular flexibility index (Phi) is 4.41. The molecule has 2 aromatic rings. The van der Waals surface area contributed by atoms with Crippen molar-refractivity contribution in [1.29, 1.82) is 0 Å². The summed E-state index contributed by atoms with van der Waals surface area (Å²) in [6, 6.07) is 9.36. The molecule has 0 saturated carbocycles. The molecule has 1 aromatic carbocycles. The summed E-state index contributed by atoms with van der Waals surface area (Å²) in [5.74, 6) is 1.51. The molecule has 2 rings (SSSR count). The molecule has 0 saturated heterocycles. The van der Waals surface area contributed by atoms with Crippen molar-refractivity contribution in [2.75, 3.05) is 18.1 Å². The van der Waals surface area contributed by atoms with E-state index in [1.54, 1.807) is 18.0 Å². The zero-order chi connectivity index (χ0) is 12.8. The first-order valence-electron chi connectivity index (χ1n) is 5.65. The third kappa shape index (κ3) is 3.63. The Hall–Kier alpha value is -1.75. The van der Waals surface area contributed by atoms with Gasteiger partial charge in [-0.25, -0.2) is 9.97 Å². The van der Waals surface area contributed by atoms with E-state index < -0.39 is 0 Å². The first-order valence-corrected chi connectivity index (χ1v) is 6.64. The summed E-state index contributed by atoms with van der Waals surface area (Å²) in [6.07, 6.45) is 1.76. The maximum atomic E-state index is 5.78. The molecule has 0 unspecified atom stereocenters. The van der Waals surface area contributed by atoms with E-state index in [9.17, 15) is 0 Å². The van der Waals surface area contributed by atoms with Crippen LogP contribution in [0.5, 0.6) is 5.75 Å². The van der Waals surface area contributed by atoms with Gasteiger partial charge in [0.05, 0.1) is 12.3 Å². The van der Waals surface area contributed by atoms with Crippen LogP contribution in [0.3, 0.4) is 0 Å². The molecule has 4 nitrogen and oxygen atoms in total. The van der Waals surface area contributed by atoms with Crippen LogP contribution in [-0.4, -0.2) is 22.3 Å². The highest BCUT2D eigenvalue weighted by Gasteiger charge is 2.00. The van der Waals surface area contributed by atoms with Gasteiger partial charge in [-0.2, -0.15) is 0 Å². The van der Waals surface area contributed by atoms with E-state index in [-0.39, 0.29) is 0 Å². The van der Waals surface area contributed by atoms with E-state index in [1.807, 2.05) is 37.3 Å². The van der Waals surface area contributed by atoms with Crippen molar-refractivity contribution in [3.05, 3.63) is 42.2 Å². The number of hydrogen-bond acceptors (Lipinski definition) is 5. The molecule has 0 radical (unpaired) electrons. The number of rotatable bonds is 5. The predicted octanol–water partition coefficient (Wildman–Crippen LogP) is 2.54. The van der Waals surface area contributed by atoms with Gasteiger partial charge in [-0.05, 0) is 25.1 Å². The standard InChI is InChI=1S/C13H15N3OS/c1-10-6-7-15-13(16-10)18-9-8-17-12-5-3-2-4-11(12)14/h2-7H,8-9,14H2,1H3. The Balaban J connectivity index is 1.78. The number of nitrogens with zero attached hydrogens (tertiary/aromatic N) is 2. The second-order valence-corrected chi connectivity index (χ2v) is 4.78. The Morgan fingerprint density at radius 2 is 2.11 bits per heavy atom. The van der Waals surface area contributed by atoms with Crippen molar-refractivity contribution in [3.8, 4) is 5.75 Å². The fourth-order valence-corrected chi connectivity index (χ4v) is 2.09. The first-order chi connectivity index (χ1) is 8.75. The fraction of sp³-hybridized carbons (Fsp3) is 0.231. The van der Waals surface area contributed by atoms with Crippen LogP contribution in [0.25, 0.3) is 0 Å². The number of ether oxygens (including phenoxy) is 1. The van der Waals surface area contributed by atoms with Crippen LogP contribution in [0.1, 0.15) is 5.69 Å². The molecule has 0 aliphatic carbocycles. The van der Waals surface area contributed by atoms with E-state index >= 15 is 0 Å². The quantitative estimate of drug-likeness (QED) is 0.388. The maximum Gasteiger partial charge on any atom is 0.187 e. The highest BCUT2D eigenvalue weighted by atomic mass is 32.2. The van der Waals surface area contributed by atoms with Crippen molar-refractivity contribution < 1.29 is 4.74 Å². The lowest BCUT2D eigenvalue weighted by Gasteiger charge is -2.07. The topological polar surface area (TPSA) is 61.0 Å². The third-order valence-corrected chi connectivity index (χ3v) is 3.09. The van der Waals surface area contributed by atoms with Crippen LogP contribution in [0.15, 0.2) is 41.7 Å². The molecular weight excluding hydrogens is 246 g/mol. The number of benzene rings is 1. The molecule has 18 heavy (non-hydrogen) atoms. The number of aromatic nitrogens is 2. The molecular formula is C13H15N3OS. The molecule has 94 valence electrons. The molecule has 0 aliphatic rings. The summed E-state index contributed by atoms with van der Waals surface area (Å²) < 4.78 is 5.59. The van der Waals surface area contributed by atoms with Crippen molar-refractivity contribution in [3.63, 3.8) is 0 Å². The van der Waals surface area contributed by atoms with Gasteiger partial charge in [0.2, 0.25) is 0 Å². The number of aryl methyl sites for hydroxylation is 1. The average Bonchev–Trinajstić information content (AvgIpc) is 2.37. The monoisotopic (exact) mass is 261 g/mol. The van der Waals surface area contributed by atoms with Crippen LogP contribution in [0.2, 0.25) is 0 Å². The lowest BCUT2D eigenvalue weighted by molar-refractivity contribution is 0.345. The molecule has 2 N–H and O–H groups in total. The number of nitrogen functional groups attached to an aromatic ring is 1. The Bertz CT molecular complexity index is 519. The molecule has 0 atom stereocenters. The first kappa shape index (κ1) is 12.7. The summed E-state index contributed by atoms with van der Waals surface area (Å²) in [7, 11) is 0. The molecule has 0 fully saturated rings. The maximum absolute atomic E-state index is 5.78. The van der Waals surface area contributed by atoms with Gasteiger partial charge in [-0.15, -0.1) is 0 Å². The normalized spacial score (nSPS) is 10.3. The third-order valence-electron chi connectivity index (χ3n) is 2.26. The molecule has 0 aliphatic heterocycles. The number of para-hydroxylation sites is 2. The Morgan fingerprint density at radius 3 is 2.89 bits per heavy atom. The van der Waals surface area contributed by atoms with Crippen molar-refractivity contribution >= 4 is 17.4 Å². The van der Waals surface area contributed by atoms with Gasteiger partial charge >= 0.3 is 0 Å². The summed E-state index contributed by atoms with van der Waals surface area (Å²) in [5.41, 5.74) is 7.41. The lowest BCUT2D eigenvalue weighted by atomic mass is 10.3. The average molecular weight is 261 g/mol. The van der Waals surface area contributed by atoms with Gasteiger partial charge < -0.3 is 10.5 Å². The molecule has 1 aromatic heterocycles. The van der Waals surface area contributed by atoms with Crippen LogP contribution >= 0.6 is 11.8 Å². The van der Waals surface area contributed by atoms with E-state index in [0.717, 1.165) is 22.4 Å². The van der Waals surface area contributed by atoms with Crippen molar-refractivity contribution in [1.82, 2.24) is 9.97 Å². The molecule has 5 heteroatoms. The SMILES string of the molecule is Cc1ccnc(SCCOc2ccccc2N)n1.